The van der Waals surface area contributed by atoms with E-state index in [1.807, 2.05) is 0 Å². The topological polar surface area (TPSA) is 18.5 Å². The average Bonchev–Trinajstić information content (AvgIpc) is 2.99. The van der Waals surface area contributed by atoms with Crippen molar-refractivity contribution in [3.8, 4) is 0 Å². The second-order valence-electron chi connectivity index (χ2n) is 9.89. The molecule has 1 atom stereocenters. The molecule has 1 fully saturated rings. The van der Waals surface area contributed by atoms with Gasteiger partial charge < -0.3 is 8.23 Å². The fourth-order valence-corrected chi connectivity index (χ4v) is 26.5. The van der Waals surface area contributed by atoms with Gasteiger partial charge >= 0.3 is 8.56 Å². The van der Waals surface area contributed by atoms with Crippen LogP contribution in [0.5, 0.6) is 0 Å². The summed E-state index contributed by atoms with van der Waals surface area (Å²) in [6.07, 6.45) is 0. The molecule has 2 nitrogen and oxygen atoms in total. The molecule has 0 spiro atoms. The van der Waals surface area contributed by atoms with Crippen LogP contribution in [0, 0.1) is 0 Å². The highest BCUT2D eigenvalue weighted by atomic mass is 28.5. The molecule has 0 amide bonds. The van der Waals surface area contributed by atoms with Gasteiger partial charge in [-0.3, -0.25) is 0 Å². The van der Waals surface area contributed by atoms with Gasteiger partial charge in [0.15, 0.2) is 0 Å². The Morgan fingerprint density at radius 3 is 1.11 bits per heavy atom. The van der Waals surface area contributed by atoms with Gasteiger partial charge in [-0.25, -0.2) is 0 Å². The van der Waals surface area contributed by atoms with E-state index in [1.54, 1.807) is 0 Å². The van der Waals surface area contributed by atoms with Crippen molar-refractivity contribution in [2.45, 2.75) is 12.2 Å². The van der Waals surface area contributed by atoms with Crippen molar-refractivity contribution >= 4 is 51.1 Å². The predicted octanol–water partition coefficient (Wildman–Crippen LogP) is 4.07. The maximum absolute atomic E-state index is 7.81. The summed E-state index contributed by atoms with van der Waals surface area (Å²) in [5.74, 6) is 0. The minimum atomic E-state index is -3.13. The molecule has 0 N–H and O–H groups in total. The first-order valence-electron chi connectivity index (χ1n) is 12.8. The third kappa shape index (κ3) is 4.29. The molecule has 0 unspecified atom stereocenters. The summed E-state index contributed by atoms with van der Waals surface area (Å²) in [5.41, 5.74) is 0.923. The minimum absolute atomic E-state index is 0.923. The molecule has 5 heteroatoms. The average molecular weight is 531 g/mol. The predicted molar refractivity (Wildman–Crippen MR) is 160 cm³/mol. The second-order valence-corrected chi connectivity index (χ2v) is 21.2. The summed E-state index contributed by atoms with van der Waals surface area (Å²) in [6.45, 7) is 2.41. The van der Waals surface area contributed by atoms with Gasteiger partial charge in [-0.15, -0.1) is 0 Å². The SMILES string of the molecule is C[Si@@]1(c2ccccc2)C[Si](c2ccccc2)(c2ccccc2)O[Si](c2ccccc2)(c2ccccc2)O1. The summed E-state index contributed by atoms with van der Waals surface area (Å²) in [6, 6.07) is 54.3. The maximum Gasteiger partial charge on any atom is 0.387 e. The van der Waals surface area contributed by atoms with Crippen molar-refractivity contribution in [2.24, 2.45) is 0 Å². The summed E-state index contributed by atoms with van der Waals surface area (Å²) in [4.78, 5) is 0. The zero-order chi connectivity index (χ0) is 25.2. The lowest BCUT2D eigenvalue weighted by atomic mass is 10.4. The van der Waals surface area contributed by atoms with E-state index in [-0.39, 0.29) is 0 Å². The molecule has 1 aliphatic rings. The Morgan fingerprint density at radius 2 is 0.730 bits per heavy atom. The minimum Gasteiger partial charge on any atom is -0.426 e. The molecule has 182 valence electrons. The molecular formula is C32H30O2Si3. The molecule has 0 bridgehead atoms. The largest absolute Gasteiger partial charge is 0.426 e. The van der Waals surface area contributed by atoms with Crippen molar-refractivity contribution in [1.29, 1.82) is 0 Å². The number of hydrogen-bond donors (Lipinski definition) is 0. The molecule has 0 radical (unpaired) electrons. The highest BCUT2D eigenvalue weighted by Crippen LogP contribution is 2.34. The fourth-order valence-electron chi connectivity index (χ4n) is 5.70. The van der Waals surface area contributed by atoms with Gasteiger partial charge in [-0.2, -0.15) is 0 Å². The smallest absolute Gasteiger partial charge is 0.387 e. The van der Waals surface area contributed by atoms with Crippen LogP contribution in [0.1, 0.15) is 0 Å². The van der Waals surface area contributed by atoms with E-state index >= 15 is 0 Å². The van der Waals surface area contributed by atoms with Gasteiger partial charge in [0.05, 0.1) is 0 Å². The Hall–Kier alpha value is -3.33. The summed E-state index contributed by atoms with van der Waals surface area (Å²) >= 11 is 0. The van der Waals surface area contributed by atoms with Gasteiger partial charge in [-0.1, -0.05) is 152 Å². The van der Waals surface area contributed by atoms with Crippen LogP contribution < -0.4 is 25.9 Å². The van der Waals surface area contributed by atoms with Crippen LogP contribution in [0.3, 0.4) is 0 Å². The van der Waals surface area contributed by atoms with E-state index in [9.17, 15) is 0 Å². The van der Waals surface area contributed by atoms with Crippen molar-refractivity contribution in [3.05, 3.63) is 152 Å². The Labute approximate surface area is 222 Å². The maximum atomic E-state index is 7.81. The third-order valence-electron chi connectivity index (χ3n) is 7.45. The molecule has 5 aromatic carbocycles. The molecule has 5 aromatic rings. The molecule has 0 saturated carbocycles. The summed E-state index contributed by atoms with van der Waals surface area (Å²) in [5, 5.41) is 6.27. The zero-order valence-corrected chi connectivity index (χ0v) is 24.0. The lowest BCUT2D eigenvalue weighted by Crippen LogP contribution is -2.83. The van der Waals surface area contributed by atoms with E-state index in [4.69, 9.17) is 8.23 Å². The van der Waals surface area contributed by atoms with Crippen LogP contribution in [0.4, 0.5) is 0 Å². The van der Waals surface area contributed by atoms with Gasteiger partial charge in [-0.05, 0) is 38.1 Å². The fraction of sp³-hybridized carbons (Fsp3) is 0.0625. The van der Waals surface area contributed by atoms with E-state index in [0.29, 0.717) is 0 Å². The Kier molecular flexibility index (Phi) is 6.40. The van der Waals surface area contributed by atoms with Gasteiger partial charge in [0.25, 0.3) is 0 Å². The lowest BCUT2D eigenvalue weighted by molar-refractivity contribution is 0.399. The standard InChI is InChI=1S/C32H30O2Si3/c1-35(28-17-7-2-8-18-28)27-36(29-19-9-3-10-20-29,30-21-11-4-12-22-30)34-37(33-35,31-23-13-5-14-24-31)32-25-15-6-16-26-32/h2-26H,27H2,1H3/t35-/m0/s1. The number of hydrogen-bond acceptors (Lipinski definition) is 2. The van der Waals surface area contributed by atoms with E-state index in [2.05, 4.69) is 158 Å². The quantitative estimate of drug-likeness (QED) is 0.319. The lowest BCUT2D eigenvalue weighted by Gasteiger charge is -2.53. The van der Waals surface area contributed by atoms with Gasteiger partial charge in [0, 0.05) is 0 Å². The van der Waals surface area contributed by atoms with Crippen molar-refractivity contribution in [1.82, 2.24) is 0 Å². The van der Waals surface area contributed by atoms with Crippen LogP contribution >= 0.6 is 0 Å². The Bertz CT molecular complexity index is 1280. The van der Waals surface area contributed by atoms with Gasteiger partial charge in [0.1, 0.15) is 0 Å². The molecule has 1 saturated heterocycles. The molecular weight excluding hydrogens is 501 g/mol. The van der Waals surface area contributed by atoms with Crippen molar-refractivity contribution in [2.75, 3.05) is 0 Å². The number of rotatable bonds is 5. The van der Waals surface area contributed by atoms with Crippen LogP contribution in [0.2, 0.25) is 12.2 Å². The first-order chi connectivity index (χ1) is 18.1. The van der Waals surface area contributed by atoms with Crippen LogP contribution in [0.25, 0.3) is 0 Å². The molecule has 0 aliphatic carbocycles. The zero-order valence-electron chi connectivity index (χ0n) is 21.0. The molecule has 37 heavy (non-hydrogen) atoms. The molecule has 1 heterocycles. The first-order valence-corrected chi connectivity index (χ1v) is 19.4. The van der Waals surface area contributed by atoms with E-state index in [0.717, 1.165) is 5.67 Å². The van der Waals surface area contributed by atoms with Crippen molar-refractivity contribution < 1.29 is 8.23 Å². The third-order valence-corrected chi connectivity index (χ3v) is 23.9. The molecule has 0 aromatic heterocycles. The summed E-state index contributed by atoms with van der Waals surface area (Å²) in [7, 11) is -8.40. The van der Waals surface area contributed by atoms with E-state index < -0.39 is 25.2 Å². The number of benzene rings is 5. The normalized spacial score (nSPS) is 20.2. The Morgan fingerprint density at radius 1 is 0.405 bits per heavy atom. The highest BCUT2D eigenvalue weighted by molar-refractivity contribution is 7.18. The first kappa shape index (κ1) is 24.0. The Balaban J connectivity index is 1.70. The van der Waals surface area contributed by atoms with Crippen molar-refractivity contribution in [3.63, 3.8) is 0 Å². The molecule has 1 aliphatic heterocycles. The van der Waals surface area contributed by atoms with Crippen LogP contribution in [0.15, 0.2) is 152 Å². The van der Waals surface area contributed by atoms with Crippen LogP contribution in [-0.2, 0) is 8.23 Å². The van der Waals surface area contributed by atoms with Gasteiger partial charge in [0.2, 0.25) is 16.6 Å². The van der Waals surface area contributed by atoms with E-state index in [1.165, 1.54) is 25.9 Å². The molecule has 6 rings (SSSR count). The highest BCUT2D eigenvalue weighted by Gasteiger charge is 2.62. The second kappa shape index (κ2) is 9.85. The summed E-state index contributed by atoms with van der Waals surface area (Å²) < 4.78 is 15.4. The van der Waals surface area contributed by atoms with Crippen LogP contribution in [-0.4, -0.2) is 25.2 Å². The monoisotopic (exact) mass is 530 g/mol.